The minimum absolute atomic E-state index is 0. The predicted molar refractivity (Wildman–Crippen MR) is 125 cm³/mol. The van der Waals surface area contributed by atoms with Gasteiger partial charge in [-0.2, -0.15) is 13.2 Å². The molecule has 0 aliphatic heterocycles. The fourth-order valence-corrected chi connectivity index (χ4v) is 3.99. The Morgan fingerprint density at radius 2 is 2.07 bits per heavy atom. The molecule has 0 radical (unpaired) electrons. The van der Waals surface area contributed by atoms with Crippen LogP contribution in [-0.4, -0.2) is 45.9 Å². The number of nitrogens with one attached hydrogen (secondary N) is 2. The zero-order valence-electron chi connectivity index (χ0n) is 17.5. The third kappa shape index (κ3) is 6.84. The van der Waals surface area contributed by atoms with E-state index in [2.05, 4.69) is 32.7 Å². The van der Waals surface area contributed by atoms with E-state index < -0.39 is 24.0 Å². The maximum Gasteiger partial charge on any atom is 0.424 e. The van der Waals surface area contributed by atoms with Crippen LogP contribution in [-0.2, 0) is 19.1 Å². The van der Waals surface area contributed by atoms with E-state index >= 15 is 0 Å². The molecule has 2 aromatic heterocycles. The molecule has 170 valence electrons. The van der Waals surface area contributed by atoms with Crippen LogP contribution in [0.3, 0.4) is 0 Å². The lowest BCUT2D eigenvalue weighted by Gasteiger charge is -2.29. The minimum Gasteiger partial charge on any atom is -0.374 e. The number of aryl methyl sites for hydroxylation is 2. The first kappa shape index (κ1) is 26.7. The normalized spacial score (nSPS) is 15.3. The topological polar surface area (TPSA) is 74.5 Å². The van der Waals surface area contributed by atoms with Crippen LogP contribution < -0.4 is 10.6 Å². The Morgan fingerprint density at radius 1 is 1.37 bits per heavy atom. The summed E-state index contributed by atoms with van der Waals surface area (Å²) in [6, 6.07) is 4.17. The summed E-state index contributed by atoms with van der Waals surface area (Å²) >= 11 is 1.71. The molecule has 6 nitrogen and oxygen atoms in total. The molecule has 0 saturated carbocycles. The number of halogens is 4. The van der Waals surface area contributed by atoms with Crippen LogP contribution in [0, 0.1) is 6.92 Å². The fraction of sp³-hybridized carbons (Fsp3) is 0.579. The number of hydrogen-bond acceptors (Lipinski definition) is 4. The van der Waals surface area contributed by atoms with Gasteiger partial charge in [0.15, 0.2) is 5.96 Å². The number of aliphatic hydroxyl groups is 1. The number of aliphatic imine (C=N–C) groups is 1. The average molecular weight is 559 g/mol. The molecule has 0 aromatic carbocycles. The first-order valence-corrected chi connectivity index (χ1v) is 10.3. The fourth-order valence-electron chi connectivity index (χ4n) is 2.98. The molecule has 2 atom stereocenters. The van der Waals surface area contributed by atoms with Crippen LogP contribution >= 0.6 is 35.3 Å². The number of nitrogens with zero attached hydrogens (tertiary/aromatic N) is 3. The van der Waals surface area contributed by atoms with Crippen molar-refractivity contribution in [2.75, 3.05) is 13.1 Å². The zero-order valence-corrected chi connectivity index (χ0v) is 20.6. The van der Waals surface area contributed by atoms with Gasteiger partial charge in [-0.05, 0) is 32.9 Å². The van der Waals surface area contributed by atoms with Crippen LogP contribution in [0.1, 0.15) is 35.8 Å². The summed E-state index contributed by atoms with van der Waals surface area (Å²) in [5.41, 5.74) is -3.06. The van der Waals surface area contributed by atoms with Crippen molar-refractivity contribution in [1.82, 2.24) is 20.2 Å². The van der Waals surface area contributed by atoms with E-state index in [-0.39, 0.29) is 36.6 Å². The van der Waals surface area contributed by atoms with Crippen LogP contribution in [0.5, 0.6) is 0 Å². The van der Waals surface area contributed by atoms with E-state index in [1.807, 2.05) is 20.8 Å². The van der Waals surface area contributed by atoms with Gasteiger partial charge in [0.05, 0.1) is 0 Å². The molecule has 0 amide bonds. The van der Waals surface area contributed by atoms with Crippen LogP contribution in [0.2, 0.25) is 0 Å². The summed E-state index contributed by atoms with van der Waals surface area (Å²) in [5, 5.41) is 16.6. The molecule has 11 heteroatoms. The third-order valence-electron chi connectivity index (χ3n) is 4.43. The second-order valence-corrected chi connectivity index (χ2v) is 8.36. The lowest BCUT2D eigenvalue weighted by molar-refractivity contribution is -0.272. The van der Waals surface area contributed by atoms with E-state index in [1.165, 1.54) is 33.8 Å². The van der Waals surface area contributed by atoms with Crippen molar-refractivity contribution in [2.24, 2.45) is 12.0 Å². The number of hydrogen-bond donors (Lipinski definition) is 3. The highest BCUT2D eigenvalue weighted by molar-refractivity contribution is 14.0. The second kappa shape index (κ2) is 11.3. The van der Waals surface area contributed by atoms with Crippen LogP contribution in [0.25, 0.3) is 0 Å². The van der Waals surface area contributed by atoms with Crippen molar-refractivity contribution in [3.05, 3.63) is 40.1 Å². The molecule has 3 N–H and O–H groups in total. The molecule has 2 heterocycles. The third-order valence-corrected chi connectivity index (χ3v) is 5.46. The minimum atomic E-state index is -4.86. The molecule has 2 unspecified atom stereocenters. The number of alkyl halides is 3. The van der Waals surface area contributed by atoms with Gasteiger partial charge >= 0.3 is 6.18 Å². The Hall–Kier alpha value is -1.34. The SMILES string of the molecule is CCNC(=NCCC(O)(c1nccn1C)C(F)(F)F)NC(C)Cc1ccc(C)s1.I. The van der Waals surface area contributed by atoms with Crippen molar-refractivity contribution in [3.63, 3.8) is 0 Å². The highest BCUT2D eigenvalue weighted by Crippen LogP contribution is 2.40. The Kier molecular flexibility index (Phi) is 10.1. The number of thiophene rings is 1. The van der Waals surface area contributed by atoms with Crippen molar-refractivity contribution in [1.29, 1.82) is 0 Å². The Morgan fingerprint density at radius 3 is 2.57 bits per heavy atom. The molecule has 0 saturated heterocycles. The molecular formula is C19H29F3IN5OS. The summed E-state index contributed by atoms with van der Waals surface area (Å²) in [7, 11) is 1.42. The summed E-state index contributed by atoms with van der Waals surface area (Å²) in [5.74, 6) is -0.0303. The Balaban J connectivity index is 0.00000450. The molecule has 0 fully saturated rings. The standard InChI is InChI=1S/C19H28F3N5OS.HI/c1-5-23-17(26-13(2)12-15-7-6-14(3)29-15)25-9-8-18(28,19(20,21)22)16-24-10-11-27(16)4;/h6-7,10-11,13,28H,5,8-9,12H2,1-4H3,(H2,23,25,26);1H. The summed E-state index contributed by atoms with van der Waals surface area (Å²) < 4.78 is 42.0. The maximum atomic E-state index is 13.6. The Bertz CT molecular complexity index is 823. The monoisotopic (exact) mass is 559 g/mol. The van der Waals surface area contributed by atoms with E-state index in [4.69, 9.17) is 0 Å². The summed E-state index contributed by atoms with van der Waals surface area (Å²) in [6.45, 7) is 6.26. The molecular weight excluding hydrogens is 530 g/mol. The quantitative estimate of drug-likeness (QED) is 0.262. The number of rotatable bonds is 8. The molecule has 0 aliphatic rings. The number of guanidine groups is 1. The van der Waals surface area contributed by atoms with Crippen molar-refractivity contribution in [3.8, 4) is 0 Å². The summed E-state index contributed by atoms with van der Waals surface area (Å²) in [4.78, 5) is 10.4. The lowest BCUT2D eigenvalue weighted by atomic mass is 9.98. The van der Waals surface area contributed by atoms with Gasteiger partial charge in [0.1, 0.15) is 5.82 Å². The molecule has 2 rings (SSSR count). The highest BCUT2D eigenvalue weighted by atomic mass is 127. The van der Waals surface area contributed by atoms with Crippen molar-refractivity contribution in [2.45, 2.75) is 51.4 Å². The molecule has 2 aromatic rings. The van der Waals surface area contributed by atoms with E-state index in [0.29, 0.717) is 12.5 Å². The predicted octanol–water partition coefficient (Wildman–Crippen LogP) is 3.73. The average Bonchev–Trinajstić information content (AvgIpc) is 3.22. The van der Waals surface area contributed by atoms with Gasteiger partial charge in [0.25, 0.3) is 0 Å². The van der Waals surface area contributed by atoms with Gasteiger partial charge in [0.2, 0.25) is 5.60 Å². The van der Waals surface area contributed by atoms with Crippen molar-refractivity contribution < 1.29 is 18.3 Å². The maximum absolute atomic E-state index is 13.6. The zero-order chi connectivity index (χ0) is 21.7. The van der Waals surface area contributed by atoms with Gasteiger partial charge in [-0.25, -0.2) is 4.98 Å². The number of imidazole rings is 1. The molecule has 0 bridgehead atoms. The van der Waals surface area contributed by atoms with Gasteiger partial charge in [-0.3, -0.25) is 4.99 Å². The second-order valence-electron chi connectivity index (χ2n) is 6.99. The highest BCUT2D eigenvalue weighted by Gasteiger charge is 2.57. The van der Waals surface area contributed by atoms with Gasteiger partial charge in [0, 0.05) is 61.2 Å². The van der Waals surface area contributed by atoms with Gasteiger partial charge < -0.3 is 20.3 Å². The molecule has 0 aliphatic carbocycles. The van der Waals surface area contributed by atoms with Crippen LogP contribution in [0.15, 0.2) is 29.5 Å². The molecule has 0 spiro atoms. The first-order chi connectivity index (χ1) is 13.6. The van der Waals surface area contributed by atoms with E-state index in [0.717, 1.165) is 6.42 Å². The lowest BCUT2D eigenvalue weighted by Crippen LogP contribution is -2.46. The first-order valence-electron chi connectivity index (χ1n) is 9.44. The summed E-state index contributed by atoms with van der Waals surface area (Å²) in [6.07, 6.45) is -2.11. The molecule has 30 heavy (non-hydrogen) atoms. The van der Waals surface area contributed by atoms with Gasteiger partial charge in [-0.15, -0.1) is 35.3 Å². The number of aromatic nitrogens is 2. The van der Waals surface area contributed by atoms with Crippen molar-refractivity contribution >= 4 is 41.3 Å². The smallest absolute Gasteiger partial charge is 0.374 e. The van der Waals surface area contributed by atoms with E-state index in [1.54, 1.807) is 11.3 Å². The van der Waals surface area contributed by atoms with E-state index in [9.17, 15) is 18.3 Å². The van der Waals surface area contributed by atoms with Gasteiger partial charge in [-0.1, -0.05) is 0 Å². The van der Waals surface area contributed by atoms with Crippen LogP contribution in [0.4, 0.5) is 13.2 Å². The largest absolute Gasteiger partial charge is 0.424 e. The Labute approximate surface area is 196 Å².